The third kappa shape index (κ3) is 6.39. The van der Waals surface area contributed by atoms with Gasteiger partial charge >= 0.3 is 0 Å². The van der Waals surface area contributed by atoms with Gasteiger partial charge in [0, 0.05) is 42.0 Å². The highest BCUT2D eigenvalue weighted by Gasteiger charge is 2.10. The minimum atomic E-state index is -0.156. The second-order valence-corrected chi connectivity index (χ2v) is 7.28. The third-order valence-corrected chi connectivity index (χ3v) is 4.96. The van der Waals surface area contributed by atoms with Crippen LogP contribution in [0, 0.1) is 0 Å². The Hall–Kier alpha value is -1.98. The number of hydrogen-bond donors (Lipinski definition) is 1. The molecule has 2 amide bonds. The molecule has 0 aliphatic carbocycles. The van der Waals surface area contributed by atoms with Crippen molar-refractivity contribution in [2.24, 2.45) is 0 Å². The Balaban J connectivity index is 1.70. The molecule has 0 aliphatic heterocycles. The monoisotopic (exact) mass is 390 g/mol. The van der Waals surface area contributed by atoms with Gasteiger partial charge in [-0.1, -0.05) is 23.7 Å². The van der Waals surface area contributed by atoms with E-state index in [2.05, 4.69) is 17.4 Å². The molecule has 2 aromatic rings. The lowest BCUT2D eigenvalue weighted by molar-refractivity contribution is -0.130. The molecular formula is C20H23ClN2O2S. The molecule has 26 heavy (non-hydrogen) atoms. The first-order valence-electron chi connectivity index (χ1n) is 8.40. The number of nitrogens with one attached hydrogen (secondary N) is 1. The zero-order chi connectivity index (χ0) is 18.9. The van der Waals surface area contributed by atoms with Crippen molar-refractivity contribution in [1.29, 1.82) is 0 Å². The van der Waals surface area contributed by atoms with Crippen LogP contribution in [0.5, 0.6) is 0 Å². The van der Waals surface area contributed by atoms with Gasteiger partial charge in [0.15, 0.2) is 0 Å². The molecule has 0 bridgehead atoms. The summed E-state index contributed by atoms with van der Waals surface area (Å²) in [6, 6.07) is 14.9. The smallest absolute Gasteiger partial charge is 0.251 e. The van der Waals surface area contributed by atoms with E-state index in [0.29, 0.717) is 36.5 Å². The van der Waals surface area contributed by atoms with Gasteiger partial charge in [-0.05, 0) is 54.6 Å². The van der Waals surface area contributed by atoms with Crippen LogP contribution in [-0.4, -0.2) is 36.6 Å². The Morgan fingerprint density at radius 2 is 1.73 bits per heavy atom. The zero-order valence-electron chi connectivity index (χ0n) is 15.0. The summed E-state index contributed by atoms with van der Waals surface area (Å²) in [5.74, 6) is -0.0870. The van der Waals surface area contributed by atoms with Crippen LogP contribution in [0.25, 0.3) is 0 Å². The van der Waals surface area contributed by atoms with Gasteiger partial charge in [-0.25, -0.2) is 0 Å². The Kier molecular flexibility index (Phi) is 8.01. The molecule has 6 heteroatoms. The summed E-state index contributed by atoms with van der Waals surface area (Å²) >= 11 is 7.50. The first-order valence-corrected chi connectivity index (χ1v) is 10.0. The summed E-state index contributed by atoms with van der Waals surface area (Å²) < 4.78 is 0. The van der Waals surface area contributed by atoms with Crippen molar-refractivity contribution >= 4 is 35.2 Å². The SMILES string of the molecule is CSc1ccc(CN(C)C(=O)CCCNC(=O)c2ccc(Cl)cc2)cc1. The molecule has 2 aromatic carbocycles. The van der Waals surface area contributed by atoms with Crippen molar-refractivity contribution in [2.75, 3.05) is 19.8 Å². The lowest BCUT2D eigenvalue weighted by Crippen LogP contribution is -2.28. The minimum Gasteiger partial charge on any atom is -0.352 e. The molecule has 0 unspecified atom stereocenters. The Labute approximate surface area is 163 Å². The van der Waals surface area contributed by atoms with Crippen LogP contribution in [0.2, 0.25) is 5.02 Å². The predicted molar refractivity (Wildman–Crippen MR) is 108 cm³/mol. The van der Waals surface area contributed by atoms with Crippen molar-refractivity contribution in [3.63, 3.8) is 0 Å². The molecule has 1 N–H and O–H groups in total. The molecular weight excluding hydrogens is 368 g/mol. The Morgan fingerprint density at radius 1 is 1.08 bits per heavy atom. The number of benzene rings is 2. The Bertz CT molecular complexity index is 732. The second-order valence-electron chi connectivity index (χ2n) is 5.96. The highest BCUT2D eigenvalue weighted by Crippen LogP contribution is 2.16. The summed E-state index contributed by atoms with van der Waals surface area (Å²) in [4.78, 5) is 27.1. The van der Waals surface area contributed by atoms with Gasteiger partial charge < -0.3 is 10.2 Å². The van der Waals surface area contributed by atoms with E-state index in [1.165, 1.54) is 4.90 Å². The molecule has 0 aliphatic rings. The van der Waals surface area contributed by atoms with Gasteiger partial charge in [-0.3, -0.25) is 9.59 Å². The van der Waals surface area contributed by atoms with Crippen LogP contribution in [0.3, 0.4) is 0 Å². The highest BCUT2D eigenvalue weighted by molar-refractivity contribution is 7.98. The summed E-state index contributed by atoms with van der Waals surface area (Å²) in [6.07, 6.45) is 3.05. The number of carbonyl (C=O) groups excluding carboxylic acids is 2. The molecule has 0 heterocycles. The predicted octanol–water partition coefficient (Wildman–Crippen LogP) is 4.23. The van der Waals surface area contributed by atoms with Crippen molar-refractivity contribution in [2.45, 2.75) is 24.3 Å². The number of nitrogens with zero attached hydrogens (tertiary/aromatic N) is 1. The number of amides is 2. The van der Waals surface area contributed by atoms with Gasteiger partial charge in [0.05, 0.1) is 0 Å². The fourth-order valence-electron chi connectivity index (χ4n) is 2.43. The van der Waals surface area contributed by atoms with Gasteiger partial charge in [0.25, 0.3) is 5.91 Å². The standard InChI is InChI=1S/C20H23ClN2O2S/c1-23(14-15-5-11-18(26-2)12-6-15)19(24)4-3-13-22-20(25)16-7-9-17(21)10-8-16/h5-12H,3-4,13-14H2,1-2H3,(H,22,25). The molecule has 0 radical (unpaired) electrons. The molecule has 0 atom stereocenters. The number of carbonyl (C=O) groups is 2. The number of rotatable bonds is 8. The highest BCUT2D eigenvalue weighted by atomic mass is 35.5. The van der Waals surface area contributed by atoms with Crippen molar-refractivity contribution < 1.29 is 9.59 Å². The van der Waals surface area contributed by atoms with E-state index in [-0.39, 0.29) is 11.8 Å². The molecule has 0 fully saturated rings. The normalized spacial score (nSPS) is 10.4. The fraction of sp³-hybridized carbons (Fsp3) is 0.300. The van der Waals surface area contributed by atoms with Crippen molar-refractivity contribution in [3.05, 3.63) is 64.7 Å². The molecule has 0 spiro atoms. The fourth-order valence-corrected chi connectivity index (χ4v) is 2.96. The van der Waals surface area contributed by atoms with E-state index in [1.54, 1.807) is 48.0 Å². The Morgan fingerprint density at radius 3 is 2.35 bits per heavy atom. The quantitative estimate of drug-likeness (QED) is 0.542. The van der Waals surface area contributed by atoms with Gasteiger partial charge in [0.2, 0.25) is 5.91 Å². The first-order chi connectivity index (χ1) is 12.5. The molecule has 2 rings (SSSR count). The average molecular weight is 391 g/mol. The molecule has 138 valence electrons. The molecule has 0 aromatic heterocycles. The average Bonchev–Trinajstić information content (AvgIpc) is 2.66. The summed E-state index contributed by atoms with van der Waals surface area (Å²) in [5.41, 5.74) is 1.67. The molecule has 0 saturated heterocycles. The topological polar surface area (TPSA) is 49.4 Å². The summed E-state index contributed by atoms with van der Waals surface area (Å²) in [5, 5.41) is 3.42. The van der Waals surface area contributed by atoms with E-state index < -0.39 is 0 Å². The van der Waals surface area contributed by atoms with Crippen molar-refractivity contribution in [1.82, 2.24) is 10.2 Å². The van der Waals surface area contributed by atoms with Gasteiger partial charge in [-0.2, -0.15) is 0 Å². The summed E-state index contributed by atoms with van der Waals surface area (Å²) in [7, 11) is 1.80. The largest absolute Gasteiger partial charge is 0.352 e. The van der Waals surface area contributed by atoms with Gasteiger partial charge in [-0.15, -0.1) is 11.8 Å². The van der Waals surface area contributed by atoms with Crippen LogP contribution in [0.4, 0.5) is 0 Å². The second kappa shape index (κ2) is 10.2. The summed E-state index contributed by atoms with van der Waals surface area (Å²) in [6.45, 7) is 1.05. The van der Waals surface area contributed by atoms with Crippen molar-refractivity contribution in [3.8, 4) is 0 Å². The van der Waals surface area contributed by atoms with E-state index in [0.717, 1.165) is 5.56 Å². The van der Waals surface area contributed by atoms with E-state index in [1.807, 2.05) is 18.4 Å². The zero-order valence-corrected chi connectivity index (χ0v) is 16.6. The van der Waals surface area contributed by atoms with Crippen LogP contribution >= 0.6 is 23.4 Å². The first kappa shape index (κ1) is 20.3. The van der Waals surface area contributed by atoms with E-state index in [9.17, 15) is 9.59 Å². The van der Waals surface area contributed by atoms with Crippen LogP contribution in [0.15, 0.2) is 53.4 Å². The van der Waals surface area contributed by atoms with E-state index >= 15 is 0 Å². The maximum absolute atomic E-state index is 12.2. The number of halogens is 1. The molecule has 0 saturated carbocycles. The van der Waals surface area contributed by atoms with E-state index in [4.69, 9.17) is 11.6 Å². The third-order valence-electron chi connectivity index (χ3n) is 3.96. The van der Waals surface area contributed by atoms with Crippen LogP contribution in [-0.2, 0) is 11.3 Å². The van der Waals surface area contributed by atoms with Crippen LogP contribution < -0.4 is 5.32 Å². The maximum atomic E-state index is 12.2. The van der Waals surface area contributed by atoms with Gasteiger partial charge in [0.1, 0.15) is 0 Å². The van der Waals surface area contributed by atoms with Crippen LogP contribution in [0.1, 0.15) is 28.8 Å². The number of hydrogen-bond acceptors (Lipinski definition) is 3. The number of thioether (sulfide) groups is 1. The lowest BCUT2D eigenvalue weighted by Gasteiger charge is -2.17. The molecule has 4 nitrogen and oxygen atoms in total. The minimum absolute atomic E-state index is 0.0692. The maximum Gasteiger partial charge on any atom is 0.251 e. The lowest BCUT2D eigenvalue weighted by atomic mass is 10.2.